The largest absolute Gasteiger partial charge is 0.492 e. The highest BCUT2D eigenvalue weighted by atomic mass is 19.4. The van der Waals surface area contributed by atoms with Crippen LogP contribution in [-0.4, -0.2) is 27.8 Å². The quantitative estimate of drug-likeness (QED) is 0.663. The monoisotopic (exact) mass is 344 g/mol. The first-order chi connectivity index (χ1) is 11.3. The molecule has 11 heteroatoms. The standard InChI is InChI=1S/C13H15F3N6O2/c1-2-24-9-4-3-7(13(14,15)16)5-8(9)19-12(23)18-6-10-20-11(17)22-21-10/h3-5H,2,6H2,1H3,(H2,18,19,23)(H3,17,20,21,22). The minimum absolute atomic E-state index is 0.0173. The number of benzene rings is 1. The van der Waals surface area contributed by atoms with E-state index >= 15 is 0 Å². The highest BCUT2D eigenvalue weighted by molar-refractivity contribution is 5.91. The van der Waals surface area contributed by atoms with Gasteiger partial charge in [-0.05, 0) is 25.1 Å². The topological polar surface area (TPSA) is 118 Å². The number of ether oxygens (including phenoxy) is 1. The molecule has 2 aromatic rings. The van der Waals surface area contributed by atoms with E-state index in [9.17, 15) is 18.0 Å². The molecule has 1 aromatic heterocycles. The molecule has 8 nitrogen and oxygen atoms in total. The Balaban J connectivity index is 2.09. The zero-order chi connectivity index (χ0) is 17.7. The second-order valence-electron chi connectivity index (χ2n) is 4.59. The summed E-state index contributed by atoms with van der Waals surface area (Å²) in [5.41, 5.74) is 4.32. The summed E-state index contributed by atoms with van der Waals surface area (Å²) in [5, 5.41) is 10.8. The minimum atomic E-state index is -4.53. The van der Waals surface area contributed by atoms with Gasteiger partial charge in [-0.15, -0.1) is 5.10 Å². The predicted octanol–water partition coefficient (Wildman–Crippen LogP) is 2.13. The number of hydrogen-bond acceptors (Lipinski definition) is 5. The van der Waals surface area contributed by atoms with Crippen molar-refractivity contribution < 1.29 is 22.7 Å². The van der Waals surface area contributed by atoms with Crippen LogP contribution in [0.5, 0.6) is 5.75 Å². The van der Waals surface area contributed by atoms with Gasteiger partial charge in [0, 0.05) is 0 Å². The Labute approximate surface area is 134 Å². The molecule has 0 bridgehead atoms. The summed E-state index contributed by atoms with van der Waals surface area (Å²) in [5.74, 6) is 0.449. The number of carbonyl (C=O) groups is 1. The molecule has 0 spiro atoms. The summed E-state index contributed by atoms with van der Waals surface area (Å²) >= 11 is 0. The number of nitrogens with two attached hydrogens (primary N) is 1. The van der Waals surface area contributed by atoms with Crippen LogP contribution in [0.2, 0.25) is 0 Å². The fourth-order valence-electron chi connectivity index (χ4n) is 1.81. The van der Waals surface area contributed by atoms with Crippen molar-refractivity contribution in [2.45, 2.75) is 19.6 Å². The van der Waals surface area contributed by atoms with E-state index < -0.39 is 17.8 Å². The summed E-state index contributed by atoms with van der Waals surface area (Å²) in [7, 11) is 0. The molecule has 2 amide bonds. The number of nitrogen functional groups attached to an aromatic ring is 1. The number of halogens is 3. The second kappa shape index (κ2) is 7.06. The number of hydrogen-bond donors (Lipinski definition) is 4. The number of aromatic nitrogens is 3. The molecule has 24 heavy (non-hydrogen) atoms. The van der Waals surface area contributed by atoms with E-state index in [0.717, 1.165) is 18.2 Å². The Morgan fingerprint density at radius 2 is 2.17 bits per heavy atom. The minimum Gasteiger partial charge on any atom is -0.492 e. The molecule has 0 fully saturated rings. The Kier molecular flexibility index (Phi) is 5.11. The van der Waals surface area contributed by atoms with Gasteiger partial charge in [0.15, 0.2) is 0 Å². The van der Waals surface area contributed by atoms with Crippen LogP contribution in [0, 0.1) is 0 Å². The molecule has 130 valence electrons. The molecule has 0 saturated carbocycles. The van der Waals surface area contributed by atoms with Gasteiger partial charge in [-0.1, -0.05) is 0 Å². The highest BCUT2D eigenvalue weighted by Crippen LogP contribution is 2.35. The van der Waals surface area contributed by atoms with Crippen molar-refractivity contribution in [3.8, 4) is 5.75 Å². The molecule has 2 rings (SSSR count). The smallest absolute Gasteiger partial charge is 0.416 e. The van der Waals surface area contributed by atoms with Crippen LogP contribution in [0.1, 0.15) is 18.3 Å². The average molecular weight is 344 g/mol. The molecular weight excluding hydrogens is 329 g/mol. The van der Waals surface area contributed by atoms with Gasteiger partial charge in [-0.25, -0.2) is 4.79 Å². The Bertz CT molecular complexity index is 716. The van der Waals surface area contributed by atoms with E-state index in [2.05, 4.69) is 25.8 Å². The SMILES string of the molecule is CCOc1ccc(C(F)(F)F)cc1NC(=O)NCc1nc(N)n[nH]1. The lowest BCUT2D eigenvalue weighted by atomic mass is 10.2. The Hall–Kier alpha value is -2.98. The van der Waals surface area contributed by atoms with E-state index in [0.29, 0.717) is 5.82 Å². The van der Waals surface area contributed by atoms with Crippen LogP contribution in [0.3, 0.4) is 0 Å². The van der Waals surface area contributed by atoms with Crippen LogP contribution in [0.4, 0.5) is 29.6 Å². The molecule has 0 unspecified atom stereocenters. The maximum absolute atomic E-state index is 12.8. The number of carbonyl (C=O) groups excluding carboxylic acids is 1. The Morgan fingerprint density at radius 3 is 2.75 bits per heavy atom. The van der Waals surface area contributed by atoms with Gasteiger partial charge in [0.05, 0.1) is 24.4 Å². The molecule has 0 atom stereocenters. The summed E-state index contributed by atoms with van der Waals surface area (Å²) in [6.07, 6.45) is -4.53. The Morgan fingerprint density at radius 1 is 1.42 bits per heavy atom. The predicted molar refractivity (Wildman–Crippen MR) is 79.3 cm³/mol. The molecule has 1 aromatic carbocycles. The third-order valence-electron chi connectivity index (χ3n) is 2.82. The number of alkyl halides is 3. The van der Waals surface area contributed by atoms with Gasteiger partial charge in [-0.3, -0.25) is 5.10 Å². The molecule has 0 aliphatic rings. The van der Waals surface area contributed by atoms with Crippen molar-refractivity contribution in [3.05, 3.63) is 29.6 Å². The number of amides is 2. The van der Waals surface area contributed by atoms with Crippen LogP contribution in [-0.2, 0) is 12.7 Å². The van der Waals surface area contributed by atoms with Crippen molar-refractivity contribution in [1.82, 2.24) is 20.5 Å². The fourth-order valence-corrected chi connectivity index (χ4v) is 1.81. The van der Waals surface area contributed by atoms with Gasteiger partial charge in [0.1, 0.15) is 11.6 Å². The molecule has 5 N–H and O–H groups in total. The normalized spacial score (nSPS) is 11.2. The second-order valence-corrected chi connectivity index (χ2v) is 4.59. The lowest BCUT2D eigenvalue weighted by Crippen LogP contribution is -2.29. The molecular formula is C13H15F3N6O2. The van der Waals surface area contributed by atoms with E-state index in [1.54, 1.807) is 6.92 Å². The number of H-pyrrole nitrogens is 1. The molecule has 0 radical (unpaired) electrons. The lowest BCUT2D eigenvalue weighted by Gasteiger charge is -2.14. The van der Waals surface area contributed by atoms with Crippen molar-refractivity contribution in [3.63, 3.8) is 0 Å². The lowest BCUT2D eigenvalue weighted by molar-refractivity contribution is -0.137. The van der Waals surface area contributed by atoms with E-state index in [4.69, 9.17) is 10.5 Å². The van der Waals surface area contributed by atoms with Crippen molar-refractivity contribution in [2.75, 3.05) is 17.7 Å². The summed E-state index contributed by atoms with van der Waals surface area (Å²) < 4.78 is 43.6. The maximum Gasteiger partial charge on any atom is 0.416 e. The summed E-state index contributed by atoms with van der Waals surface area (Å²) in [6, 6.07) is 2.10. The van der Waals surface area contributed by atoms with E-state index in [-0.39, 0.29) is 30.5 Å². The van der Waals surface area contributed by atoms with Gasteiger partial charge >= 0.3 is 12.2 Å². The number of rotatable bonds is 5. The first-order valence-corrected chi connectivity index (χ1v) is 6.85. The zero-order valence-electron chi connectivity index (χ0n) is 12.6. The fraction of sp³-hybridized carbons (Fsp3) is 0.308. The molecule has 0 aliphatic heterocycles. The van der Waals surface area contributed by atoms with Gasteiger partial charge in [0.25, 0.3) is 0 Å². The summed E-state index contributed by atoms with van der Waals surface area (Å²) in [6.45, 7) is 1.88. The number of nitrogens with one attached hydrogen (secondary N) is 3. The zero-order valence-corrected chi connectivity index (χ0v) is 12.6. The number of aromatic amines is 1. The number of anilines is 2. The highest BCUT2D eigenvalue weighted by Gasteiger charge is 2.31. The third-order valence-corrected chi connectivity index (χ3v) is 2.82. The molecule has 1 heterocycles. The first kappa shape index (κ1) is 17.4. The number of nitrogens with zero attached hydrogens (tertiary/aromatic N) is 2. The first-order valence-electron chi connectivity index (χ1n) is 6.85. The third kappa shape index (κ3) is 4.51. The van der Waals surface area contributed by atoms with Crippen LogP contribution >= 0.6 is 0 Å². The van der Waals surface area contributed by atoms with Gasteiger partial charge < -0.3 is 21.1 Å². The van der Waals surface area contributed by atoms with E-state index in [1.165, 1.54) is 0 Å². The van der Waals surface area contributed by atoms with Crippen LogP contribution < -0.4 is 21.1 Å². The van der Waals surface area contributed by atoms with Crippen molar-refractivity contribution >= 4 is 17.7 Å². The van der Waals surface area contributed by atoms with Crippen LogP contribution in [0.25, 0.3) is 0 Å². The molecule has 0 saturated heterocycles. The maximum atomic E-state index is 12.8. The van der Waals surface area contributed by atoms with Gasteiger partial charge in [0.2, 0.25) is 5.95 Å². The summed E-state index contributed by atoms with van der Waals surface area (Å²) in [4.78, 5) is 15.6. The van der Waals surface area contributed by atoms with Crippen LogP contribution in [0.15, 0.2) is 18.2 Å². The van der Waals surface area contributed by atoms with Gasteiger partial charge in [-0.2, -0.15) is 18.2 Å². The molecule has 0 aliphatic carbocycles. The number of urea groups is 1. The average Bonchev–Trinajstić information content (AvgIpc) is 2.92. The van der Waals surface area contributed by atoms with Crippen molar-refractivity contribution in [2.24, 2.45) is 0 Å². The van der Waals surface area contributed by atoms with E-state index in [1.807, 2.05) is 0 Å². The van der Waals surface area contributed by atoms with Crippen molar-refractivity contribution in [1.29, 1.82) is 0 Å².